The lowest BCUT2D eigenvalue weighted by Crippen LogP contribution is -2.33. The minimum absolute atomic E-state index is 0.436. The van der Waals surface area contributed by atoms with Gasteiger partial charge in [0, 0.05) is 0 Å². The first kappa shape index (κ1) is 13.5. The number of hydrogen-bond donors (Lipinski definition) is 2. The summed E-state index contributed by atoms with van der Waals surface area (Å²) in [4.78, 5) is 11.2. The lowest BCUT2D eigenvalue weighted by atomic mass is 10.1. The Labute approximate surface area is 102 Å². The summed E-state index contributed by atoms with van der Waals surface area (Å²) in [5.41, 5.74) is 12.9. The zero-order valence-corrected chi connectivity index (χ0v) is 10.4. The monoisotopic (exact) mass is 236 g/mol. The first-order valence-corrected chi connectivity index (χ1v) is 5.84. The summed E-state index contributed by atoms with van der Waals surface area (Å²) in [6.07, 6.45) is 0.713. The molecule has 1 aromatic carbocycles. The third-order valence-electron chi connectivity index (χ3n) is 2.66. The molecule has 0 radical (unpaired) electrons. The molecule has 1 atom stereocenters. The first-order valence-electron chi connectivity index (χ1n) is 5.84. The molecular weight excluding hydrogens is 216 g/mol. The highest BCUT2D eigenvalue weighted by Gasteiger charge is 2.17. The Balaban J connectivity index is 2.98. The Morgan fingerprint density at radius 3 is 2.71 bits per heavy atom. The van der Waals surface area contributed by atoms with Crippen LogP contribution in [0.15, 0.2) is 18.2 Å². The molecule has 17 heavy (non-hydrogen) atoms. The summed E-state index contributed by atoms with van der Waals surface area (Å²) in [7, 11) is 0. The van der Waals surface area contributed by atoms with Crippen LogP contribution in [-0.4, -0.2) is 18.6 Å². The number of para-hydroxylation sites is 1. The lowest BCUT2D eigenvalue weighted by Gasteiger charge is -2.18. The van der Waals surface area contributed by atoms with Gasteiger partial charge in [-0.15, -0.1) is 0 Å². The number of nitrogens with two attached hydrogens (primary N) is 2. The van der Waals surface area contributed by atoms with Gasteiger partial charge >= 0.3 is 0 Å². The van der Waals surface area contributed by atoms with E-state index in [4.69, 9.17) is 16.2 Å². The van der Waals surface area contributed by atoms with E-state index in [0.717, 1.165) is 23.3 Å². The molecule has 0 aliphatic heterocycles. The molecule has 94 valence electrons. The molecule has 0 spiro atoms. The van der Waals surface area contributed by atoms with Crippen LogP contribution >= 0.6 is 0 Å². The highest BCUT2D eigenvalue weighted by Crippen LogP contribution is 2.25. The molecule has 1 aromatic rings. The summed E-state index contributed by atoms with van der Waals surface area (Å²) in [5.74, 6) is 0.304. The zero-order valence-electron chi connectivity index (χ0n) is 10.4. The molecule has 0 saturated carbocycles. The third kappa shape index (κ3) is 3.46. The molecule has 1 amide bonds. The molecule has 0 bridgehead atoms. The van der Waals surface area contributed by atoms with Gasteiger partial charge in [0.15, 0.2) is 6.10 Å². The number of amides is 1. The number of carbonyl (C=O) groups is 1. The molecule has 0 aliphatic carbocycles. The van der Waals surface area contributed by atoms with E-state index in [0.29, 0.717) is 13.0 Å². The maximum Gasteiger partial charge on any atom is 0.258 e. The van der Waals surface area contributed by atoms with Crippen LogP contribution in [0.1, 0.15) is 24.5 Å². The average Bonchev–Trinajstić information content (AvgIpc) is 2.28. The summed E-state index contributed by atoms with van der Waals surface area (Å²) >= 11 is 0. The van der Waals surface area contributed by atoms with Gasteiger partial charge in [-0.25, -0.2) is 0 Å². The number of aryl methyl sites for hydroxylation is 1. The lowest BCUT2D eigenvalue weighted by molar-refractivity contribution is -0.124. The van der Waals surface area contributed by atoms with Crippen molar-refractivity contribution in [1.29, 1.82) is 0 Å². The highest BCUT2D eigenvalue weighted by atomic mass is 16.5. The van der Waals surface area contributed by atoms with Crippen molar-refractivity contribution in [2.75, 3.05) is 6.54 Å². The van der Waals surface area contributed by atoms with Crippen molar-refractivity contribution in [3.63, 3.8) is 0 Å². The minimum Gasteiger partial charge on any atom is -0.480 e. The van der Waals surface area contributed by atoms with E-state index >= 15 is 0 Å². The van der Waals surface area contributed by atoms with E-state index < -0.39 is 12.0 Å². The first-order chi connectivity index (χ1) is 8.10. The predicted octanol–water partition coefficient (Wildman–Crippen LogP) is 1.14. The fraction of sp³-hybridized carbons (Fsp3) is 0.462. The van der Waals surface area contributed by atoms with E-state index in [-0.39, 0.29) is 0 Å². The second kappa shape index (κ2) is 6.25. The van der Waals surface area contributed by atoms with Crippen LogP contribution in [0.2, 0.25) is 0 Å². The van der Waals surface area contributed by atoms with Crippen molar-refractivity contribution < 1.29 is 9.53 Å². The molecule has 0 heterocycles. The van der Waals surface area contributed by atoms with Gasteiger partial charge in [-0.1, -0.05) is 25.1 Å². The maximum atomic E-state index is 11.2. The van der Waals surface area contributed by atoms with Gasteiger partial charge in [-0.2, -0.15) is 0 Å². The van der Waals surface area contributed by atoms with Gasteiger partial charge in [0.25, 0.3) is 5.91 Å². The molecule has 0 fully saturated rings. The zero-order chi connectivity index (χ0) is 12.8. The Bertz CT molecular complexity index is 391. The van der Waals surface area contributed by atoms with Crippen molar-refractivity contribution in [2.45, 2.75) is 32.8 Å². The Morgan fingerprint density at radius 2 is 2.18 bits per heavy atom. The summed E-state index contributed by atoms with van der Waals surface area (Å²) in [6.45, 7) is 4.37. The van der Waals surface area contributed by atoms with Crippen molar-refractivity contribution in [1.82, 2.24) is 0 Å². The SMILES string of the molecule is CCC(Oc1c(C)cccc1CCN)C(N)=O. The Morgan fingerprint density at radius 1 is 1.47 bits per heavy atom. The van der Waals surface area contributed by atoms with Crippen LogP contribution in [0.25, 0.3) is 0 Å². The third-order valence-corrected chi connectivity index (χ3v) is 2.66. The maximum absolute atomic E-state index is 11.2. The van der Waals surface area contributed by atoms with Crippen molar-refractivity contribution >= 4 is 5.91 Å². The Hall–Kier alpha value is -1.55. The van der Waals surface area contributed by atoms with E-state index in [1.165, 1.54) is 0 Å². The highest BCUT2D eigenvalue weighted by molar-refractivity contribution is 5.79. The standard InChI is InChI=1S/C13H20N2O2/c1-3-11(13(15)16)17-12-9(2)5-4-6-10(12)7-8-14/h4-6,11H,3,7-8,14H2,1-2H3,(H2,15,16). The molecule has 0 saturated heterocycles. The quantitative estimate of drug-likeness (QED) is 0.777. The summed E-state index contributed by atoms with van der Waals surface area (Å²) in [6, 6.07) is 5.87. The van der Waals surface area contributed by atoms with E-state index in [1.54, 1.807) is 0 Å². The van der Waals surface area contributed by atoms with Crippen molar-refractivity contribution in [3.05, 3.63) is 29.3 Å². The second-order valence-electron chi connectivity index (χ2n) is 4.02. The van der Waals surface area contributed by atoms with Crippen molar-refractivity contribution in [2.24, 2.45) is 11.5 Å². The van der Waals surface area contributed by atoms with Crippen LogP contribution < -0.4 is 16.2 Å². The van der Waals surface area contributed by atoms with Crippen LogP contribution in [-0.2, 0) is 11.2 Å². The normalized spacial score (nSPS) is 12.2. The Kier molecular flexibility index (Phi) is 4.97. The molecule has 4 nitrogen and oxygen atoms in total. The number of benzene rings is 1. The molecule has 4 N–H and O–H groups in total. The van der Waals surface area contributed by atoms with Crippen LogP contribution in [0, 0.1) is 6.92 Å². The van der Waals surface area contributed by atoms with Gasteiger partial charge in [-0.05, 0) is 37.4 Å². The van der Waals surface area contributed by atoms with E-state index in [9.17, 15) is 4.79 Å². The van der Waals surface area contributed by atoms with Crippen LogP contribution in [0.4, 0.5) is 0 Å². The van der Waals surface area contributed by atoms with Gasteiger partial charge in [0.05, 0.1) is 0 Å². The van der Waals surface area contributed by atoms with E-state index in [2.05, 4.69) is 0 Å². The van der Waals surface area contributed by atoms with Crippen LogP contribution in [0.3, 0.4) is 0 Å². The molecule has 1 unspecified atom stereocenters. The summed E-state index contributed by atoms with van der Waals surface area (Å²) in [5, 5.41) is 0. The minimum atomic E-state index is -0.576. The van der Waals surface area contributed by atoms with Gasteiger partial charge in [0.1, 0.15) is 5.75 Å². The fourth-order valence-corrected chi connectivity index (χ4v) is 1.72. The van der Waals surface area contributed by atoms with Gasteiger partial charge in [-0.3, -0.25) is 4.79 Å². The number of rotatable bonds is 6. The fourth-order valence-electron chi connectivity index (χ4n) is 1.72. The molecule has 4 heteroatoms. The topological polar surface area (TPSA) is 78.3 Å². The average molecular weight is 236 g/mol. The van der Waals surface area contributed by atoms with Crippen LogP contribution in [0.5, 0.6) is 5.75 Å². The predicted molar refractivity (Wildman–Crippen MR) is 67.8 cm³/mol. The molecule has 0 aliphatic rings. The van der Waals surface area contributed by atoms with E-state index in [1.807, 2.05) is 32.0 Å². The molecule has 0 aromatic heterocycles. The number of carbonyl (C=O) groups excluding carboxylic acids is 1. The molecular formula is C13H20N2O2. The van der Waals surface area contributed by atoms with Gasteiger partial charge < -0.3 is 16.2 Å². The van der Waals surface area contributed by atoms with Gasteiger partial charge in [0.2, 0.25) is 0 Å². The smallest absolute Gasteiger partial charge is 0.258 e. The number of primary amides is 1. The number of hydrogen-bond acceptors (Lipinski definition) is 3. The second-order valence-corrected chi connectivity index (χ2v) is 4.02. The molecule has 1 rings (SSSR count). The summed E-state index contributed by atoms with van der Waals surface area (Å²) < 4.78 is 5.71. The largest absolute Gasteiger partial charge is 0.480 e. The van der Waals surface area contributed by atoms with Crippen molar-refractivity contribution in [3.8, 4) is 5.75 Å². The number of ether oxygens (including phenoxy) is 1.